The molecule has 2 aromatic rings. The number of rotatable bonds is 6. The third-order valence-electron chi connectivity index (χ3n) is 6.00. The summed E-state index contributed by atoms with van der Waals surface area (Å²) < 4.78 is 11.6. The summed E-state index contributed by atoms with van der Waals surface area (Å²) in [6, 6.07) is 12.3. The molecule has 4 heteroatoms. The van der Waals surface area contributed by atoms with Gasteiger partial charge in [-0.15, -0.1) is 0 Å². The highest BCUT2D eigenvalue weighted by Gasteiger charge is 2.41. The van der Waals surface area contributed by atoms with Crippen LogP contribution in [0.5, 0.6) is 5.75 Å². The molecule has 156 valence electrons. The molecule has 1 atom stereocenters. The van der Waals surface area contributed by atoms with Crippen LogP contribution >= 0.6 is 0 Å². The summed E-state index contributed by atoms with van der Waals surface area (Å²) in [7, 11) is 0. The first-order valence-corrected chi connectivity index (χ1v) is 10.6. The number of ether oxygens (including phenoxy) is 2. The van der Waals surface area contributed by atoms with E-state index in [4.69, 9.17) is 9.47 Å². The molecule has 29 heavy (non-hydrogen) atoms. The molecular weight excluding hydrogens is 362 g/mol. The van der Waals surface area contributed by atoms with Crippen molar-refractivity contribution in [3.8, 4) is 5.75 Å². The lowest BCUT2D eigenvalue weighted by Crippen LogP contribution is -2.44. The summed E-state index contributed by atoms with van der Waals surface area (Å²) in [6.07, 6.45) is 2.50. The summed E-state index contributed by atoms with van der Waals surface area (Å²) in [5, 5.41) is 3.19. The van der Waals surface area contributed by atoms with Crippen LogP contribution in [0.15, 0.2) is 36.4 Å². The van der Waals surface area contributed by atoms with Crippen LogP contribution in [0.2, 0.25) is 0 Å². The number of carbonyl (C=O) groups excluding carboxylic acids is 1. The number of nitrogens with one attached hydrogen (secondary N) is 1. The molecule has 0 spiro atoms. The second-order valence-electron chi connectivity index (χ2n) is 8.29. The molecule has 3 rings (SSSR count). The van der Waals surface area contributed by atoms with Crippen molar-refractivity contribution in [1.29, 1.82) is 0 Å². The first kappa shape index (κ1) is 21.4. The Labute approximate surface area is 174 Å². The van der Waals surface area contributed by atoms with Crippen LogP contribution < -0.4 is 10.1 Å². The lowest BCUT2D eigenvalue weighted by Gasteiger charge is -2.36. The van der Waals surface area contributed by atoms with Gasteiger partial charge in [0, 0.05) is 18.9 Å². The number of hydrogen-bond donors (Lipinski definition) is 1. The fourth-order valence-electron chi connectivity index (χ4n) is 3.98. The van der Waals surface area contributed by atoms with E-state index in [1.54, 1.807) is 0 Å². The van der Waals surface area contributed by atoms with Gasteiger partial charge in [-0.3, -0.25) is 4.79 Å². The Morgan fingerprint density at radius 3 is 2.24 bits per heavy atom. The van der Waals surface area contributed by atoms with E-state index in [1.807, 2.05) is 26.0 Å². The lowest BCUT2D eigenvalue weighted by atomic mass is 9.73. The summed E-state index contributed by atoms with van der Waals surface area (Å²) in [5.74, 6) is 0.954. The summed E-state index contributed by atoms with van der Waals surface area (Å²) in [6.45, 7) is 11.5. The fraction of sp³-hybridized carbons (Fsp3) is 0.480. The average molecular weight is 396 g/mol. The van der Waals surface area contributed by atoms with Crippen LogP contribution in [0.1, 0.15) is 55.4 Å². The SMILES string of the molecule is CC[C@H](C)Oc1c(C)cc(NC(=O)C2(c3ccc(C)cc3)CCOCC2)cc1C. The van der Waals surface area contributed by atoms with E-state index >= 15 is 0 Å². The Balaban J connectivity index is 1.87. The van der Waals surface area contributed by atoms with Crippen LogP contribution in [0, 0.1) is 20.8 Å². The molecule has 1 aliphatic heterocycles. The molecule has 0 saturated carbocycles. The van der Waals surface area contributed by atoms with E-state index < -0.39 is 5.41 Å². The average Bonchev–Trinajstić information content (AvgIpc) is 2.71. The minimum Gasteiger partial charge on any atom is -0.490 e. The monoisotopic (exact) mass is 395 g/mol. The highest BCUT2D eigenvalue weighted by molar-refractivity contribution is 5.99. The van der Waals surface area contributed by atoms with Gasteiger partial charge in [-0.1, -0.05) is 36.8 Å². The molecule has 0 unspecified atom stereocenters. The van der Waals surface area contributed by atoms with Crippen molar-refractivity contribution >= 4 is 11.6 Å². The molecule has 0 aromatic heterocycles. The molecule has 1 saturated heterocycles. The highest BCUT2D eigenvalue weighted by atomic mass is 16.5. The first-order valence-electron chi connectivity index (χ1n) is 10.6. The molecule has 1 N–H and O–H groups in total. The molecule has 0 bridgehead atoms. The van der Waals surface area contributed by atoms with Gasteiger partial charge in [0.2, 0.25) is 5.91 Å². The smallest absolute Gasteiger partial charge is 0.235 e. The Kier molecular flexibility index (Phi) is 6.63. The largest absolute Gasteiger partial charge is 0.490 e. The van der Waals surface area contributed by atoms with E-state index in [0.717, 1.165) is 34.5 Å². The second-order valence-corrected chi connectivity index (χ2v) is 8.29. The van der Waals surface area contributed by atoms with Crippen LogP contribution in [0.4, 0.5) is 5.69 Å². The number of hydrogen-bond acceptors (Lipinski definition) is 3. The number of benzene rings is 2. The molecule has 2 aromatic carbocycles. The summed E-state index contributed by atoms with van der Waals surface area (Å²) >= 11 is 0. The fourth-order valence-corrected chi connectivity index (χ4v) is 3.98. The Morgan fingerprint density at radius 2 is 1.69 bits per heavy atom. The van der Waals surface area contributed by atoms with Gasteiger partial charge in [0.15, 0.2) is 0 Å². The molecular formula is C25H33NO3. The van der Waals surface area contributed by atoms with Gasteiger partial charge in [0.05, 0.1) is 11.5 Å². The van der Waals surface area contributed by atoms with Crippen LogP contribution in [-0.2, 0) is 14.9 Å². The van der Waals surface area contributed by atoms with E-state index in [0.29, 0.717) is 26.1 Å². The van der Waals surface area contributed by atoms with Crippen molar-refractivity contribution in [3.05, 3.63) is 58.7 Å². The van der Waals surface area contributed by atoms with Gasteiger partial charge in [-0.25, -0.2) is 0 Å². The maximum atomic E-state index is 13.5. The van der Waals surface area contributed by atoms with Crippen LogP contribution in [0.25, 0.3) is 0 Å². The Bertz CT molecular complexity index is 828. The topological polar surface area (TPSA) is 47.6 Å². The maximum Gasteiger partial charge on any atom is 0.235 e. The Hall–Kier alpha value is -2.33. The third-order valence-corrected chi connectivity index (χ3v) is 6.00. The predicted molar refractivity (Wildman–Crippen MR) is 118 cm³/mol. The standard InChI is InChI=1S/C25H33NO3/c1-6-20(5)29-23-18(3)15-22(16-19(23)4)26-24(27)25(11-13-28-14-12-25)21-9-7-17(2)8-10-21/h7-10,15-16,20H,6,11-14H2,1-5H3,(H,26,27)/t20-/m0/s1. The van der Waals surface area contributed by atoms with E-state index in [1.165, 1.54) is 5.56 Å². The van der Waals surface area contributed by atoms with Crippen molar-refractivity contribution in [3.63, 3.8) is 0 Å². The second kappa shape index (κ2) is 9.00. The molecule has 1 heterocycles. The number of carbonyl (C=O) groups is 1. The minimum absolute atomic E-state index is 0.0408. The quantitative estimate of drug-likeness (QED) is 0.705. The van der Waals surface area contributed by atoms with E-state index in [-0.39, 0.29) is 12.0 Å². The van der Waals surface area contributed by atoms with Gasteiger partial charge >= 0.3 is 0 Å². The highest BCUT2D eigenvalue weighted by Crippen LogP contribution is 2.37. The zero-order valence-electron chi connectivity index (χ0n) is 18.3. The van der Waals surface area contributed by atoms with Crippen LogP contribution in [-0.4, -0.2) is 25.2 Å². The van der Waals surface area contributed by atoms with E-state index in [2.05, 4.69) is 50.4 Å². The van der Waals surface area contributed by atoms with Crippen LogP contribution in [0.3, 0.4) is 0 Å². The van der Waals surface area contributed by atoms with Gasteiger partial charge in [-0.05, 0) is 75.8 Å². The summed E-state index contributed by atoms with van der Waals surface area (Å²) in [4.78, 5) is 13.5. The first-order chi connectivity index (χ1) is 13.9. The van der Waals surface area contributed by atoms with E-state index in [9.17, 15) is 4.79 Å². The Morgan fingerprint density at radius 1 is 1.10 bits per heavy atom. The molecule has 4 nitrogen and oxygen atoms in total. The molecule has 1 fully saturated rings. The van der Waals surface area contributed by atoms with Gasteiger partial charge in [0.25, 0.3) is 0 Å². The van der Waals surface area contributed by atoms with Crippen molar-refractivity contribution in [1.82, 2.24) is 0 Å². The lowest BCUT2D eigenvalue weighted by molar-refractivity contribution is -0.125. The normalized spacial score (nSPS) is 16.9. The zero-order valence-corrected chi connectivity index (χ0v) is 18.3. The van der Waals surface area contributed by atoms with Crippen molar-refractivity contribution in [2.45, 2.75) is 65.4 Å². The third kappa shape index (κ3) is 4.64. The van der Waals surface area contributed by atoms with Crippen molar-refractivity contribution in [2.75, 3.05) is 18.5 Å². The molecule has 1 amide bonds. The molecule has 1 aliphatic rings. The summed E-state index contributed by atoms with van der Waals surface area (Å²) in [5.41, 5.74) is 4.60. The van der Waals surface area contributed by atoms with Crippen molar-refractivity contribution < 1.29 is 14.3 Å². The van der Waals surface area contributed by atoms with Gasteiger partial charge in [0.1, 0.15) is 5.75 Å². The van der Waals surface area contributed by atoms with Gasteiger partial charge < -0.3 is 14.8 Å². The number of aryl methyl sites for hydroxylation is 3. The van der Waals surface area contributed by atoms with Gasteiger partial charge in [-0.2, -0.15) is 0 Å². The predicted octanol–water partition coefficient (Wildman–Crippen LogP) is 5.48. The number of anilines is 1. The number of amides is 1. The van der Waals surface area contributed by atoms with Crippen molar-refractivity contribution in [2.24, 2.45) is 0 Å². The maximum absolute atomic E-state index is 13.5. The zero-order chi connectivity index (χ0) is 21.0. The molecule has 0 radical (unpaired) electrons. The minimum atomic E-state index is -0.556. The molecule has 0 aliphatic carbocycles.